The van der Waals surface area contributed by atoms with Crippen LogP contribution < -0.4 is 5.73 Å². The topological polar surface area (TPSA) is 43.8 Å². The zero-order chi connectivity index (χ0) is 14.8. The molecule has 0 atom stereocenters. The largest absolute Gasteiger partial charge is 0.383 e. The van der Waals surface area contributed by atoms with Gasteiger partial charge in [0.1, 0.15) is 23.2 Å². The normalized spacial score (nSPS) is 15.2. The van der Waals surface area contributed by atoms with Crippen LogP contribution in [0.25, 0.3) is 11.3 Å². The molecule has 21 heavy (non-hydrogen) atoms. The Balaban J connectivity index is 2.07. The van der Waals surface area contributed by atoms with Gasteiger partial charge >= 0.3 is 0 Å². The number of nitrogens with zero attached hydrogens (tertiary/aromatic N) is 2. The van der Waals surface area contributed by atoms with Gasteiger partial charge in [-0.2, -0.15) is 0 Å². The third kappa shape index (κ3) is 2.52. The first-order chi connectivity index (χ1) is 10.2. The van der Waals surface area contributed by atoms with Gasteiger partial charge in [0.15, 0.2) is 0 Å². The number of rotatable bonds is 3. The second kappa shape index (κ2) is 5.61. The molecule has 1 saturated carbocycles. The first-order valence-corrected chi connectivity index (χ1v) is 7.26. The second-order valence-electron chi connectivity index (χ2n) is 5.48. The quantitative estimate of drug-likeness (QED) is 0.875. The summed E-state index contributed by atoms with van der Waals surface area (Å²) in [6, 6.07) is 6.24. The molecular formula is C17H18FN3. The Morgan fingerprint density at radius 3 is 2.57 bits per heavy atom. The third-order valence-corrected chi connectivity index (χ3v) is 4.12. The smallest absolute Gasteiger partial charge is 0.132 e. The van der Waals surface area contributed by atoms with E-state index in [0.29, 0.717) is 24.0 Å². The molecule has 0 spiro atoms. The van der Waals surface area contributed by atoms with E-state index < -0.39 is 0 Å². The molecule has 1 aliphatic carbocycles. The van der Waals surface area contributed by atoms with Crippen molar-refractivity contribution in [2.75, 3.05) is 5.73 Å². The van der Waals surface area contributed by atoms with Crippen molar-refractivity contribution < 1.29 is 4.39 Å². The summed E-state index contributed by atoms with van der Waals surface area (Å²) in [5.74, 6) is 4.35. The summed E-state index contributed by atoms with van der Waals surface area (Å²) in [5.41, 5.74) is 7.76. The zero-order valence-corrected chi connectivity index (χ0v) is 11.8. The van der Waals surface area contributed by atoms with Gasteiger partial charge in [-0.1, -0.05) is 18.8 Å². The molecule has 1 aliphatic rings. The van der Waals surface area contributed by atoms with Crippen molar-refractivity contribution in [3.63, 3.8) is 0 Å². The van der Waals surface area contributed by atoms with Crippen molar-refractivity contribution in [3.8, 4) is 23.6 Å². The lowest BCUT2D eigenvalue weighted by atomic mass is 10.1. The Hall–Kier alpha value is -2.28. The summed E-state index contributed by atoms with van der Waals surface area (Å²) >= 11 is 0. The number of nitrogens with two attached hydrogens (primary N) is 1. The Morgan fingerprint density at radius 1 is 1.29 bits per heavy atom. The Kier molecular flexibility index (Phi) is 3.66. The molecular weight excluding hydrogens is 265 g/mol. The number of hydrogen-bond donors (Lipinski definition) is 1. The van der Waals surface area contributed by atoms with Crippen molar-refractivity contribution in [2.24, 2.45) is 0 Å². The first-order valence-electron chi connectivity index (χ1n) is 7.26. The maximum atomic E-state index is 13.1. The first kappa shape index (κ1) is 13.7. The van der Waals surface area contributed by atoms with E-state index in [9.17, 15) is 4.39 Å². The molecule has 3 rings (SSSR count). The molecule has 1 aromatic carbocycles. The van der Waals surface area contributed by atoms with Crippen LogP contribution in [0.2, 0.25) is 0 Å². The Bertz CT molecular complexity index is 673. The van der Waals surface area contributed by atoms with Gasteiger partial charge in [-0.05, 0) is 37.1 Å². The van der Waals surface area contributed by atoms with E-state index >= 15 is 0 Å². The molecule has 2 N–H and O–H groups in total. The summed E-state index contributed by atoms with van der Waals surface area (Å²) in [5, 5.41) is 0. The fourth-order valence-corrected chi connectivity index (χ4v) is 3.06. The number of hydrogen-bond acceptors (Lipinski definition) is 2. The lowest BCUT2D eigenvalue weighted by Gasteiger charge is -2.11. The van der Waals surface area contributed by atoms with Gasteiger partial charge in [-0.15, -0.1) is 6.42 Å². The molecule has 1 fully saturated rings. The van der Waals surface area contributed by atoms with E-state index in [0.717, 1.165) is 24.2 Å². The van der Waals surface area contributed by atoms with Crippen LogP contribution in [0, 0.1) is 18.2 Å². The van der Waals surface area contributed by atoms with Crippen molar-refractivity contribution in [1.29, 1.82) is 0 Å². The number of halogens is 1. The van der Waals surface area contributed by atoms with Crippen LogP contribution in [0.3, 0.4) is 0 Å². The molecule has 0 saturated heterocycles. The molecule has 4 heteroatoms. The lowest BCUT2D eigenvalue weighted by molar-refractivity contribution is 0.622. The average Bonchev–Trinajstić information content (AvgIpc) is 3.10. The molecule has 2 aromatic rings. The predicted octanol–water partition coefficient (Wildman–Crippen LogP) is 3.56. The number of imidazole rings is 1. The standard InChI is InChI=1S/C17H18FN3/c1-2-11-21-16(19)15(12-7-9-14(18)10-8-12)20-17(21)13-5-3-4-6-13/h1,7-10,13H,3-6,11,19H2. The minimum absolute atomic E-state index is 0.267. The van der Waals surface area contributed by atoms with Gasteiger partial charge in [-0.25, -0.2) is 9.37 Å². The van der Waals surface area contributed by atoms with Gasteiger partial charge in [-0.3, -0.25) is 0 Å². The fraction of sp³-hybridized carbons (Fsp3) is 0.353. The molecule has 0 aliphatic heterocycles. The van der Waals surface area contributed by atoms with Crippen LogP contribution in [0.4, 0.5) is 10.2 Å². The van der Waals surface area contributed by atoms with Crippen molar-refractivity contribution in [1.82, 2.24) is 9.55 Å². The monoisotopic (exact) mass is 283 g/mol. The van der Waals surface area contributed by atoms with Crippen LogP contribution in [-0.2, 0) is 6.54 Å². The molecule has 1 heterocycles. The van der Waals surface area contributed by atoms with Crippen molar-refractivity contribution in [2.45, 2.75) is 38.1 Å². The SMILES string of the molecule is C#CCn1c(C2CCCC2)nc(-c2ccc(F)cc2)c1N. The van der Waals surface area contributed by atoms with Crippen LogP contribution in [-0.4, -0.2) is 9.55 Å². The highest BCUT2D eigenvalue weighted by molar-refractivity contribution is 5.71. The van der Waals surface area contributed by atoms with E-state index in [4.69, 9.17) is 17.1 Å². The second-order valence-corrected chi connectivity index (χ2v) is 5.48. The molecule has 1 aromatic heterocycles. The fourth-order valence-electron chi connectivity index (χ4n) is 3.06. The molecule has 3 nitrogen and oxygen atoms in total. The van der Waals surface area contributed by atoms with Gasteiger partial charge in [0.05, 0.1) is 6.54 Å². The Morgan fingerprint density at radius 2 is 1.95 bits per heavy atom. The summed E-state index contributed by atoms with van der Waals surface area (Å²) in [6.45, 7) is 0.422. The molecule has 0 bridgehead atoms. The number of benzene rings is 1. The van der Waals surface area contributed by atoms with Crippen LogP contribution in [0.5, 0.6) is 0 Å². The van der Waals surface area contributed by atoms with Crippen molar-refractivity contribution >= 4 is 5.82 Å². The molecule has 0 unspecified atom stereocenters. The highest BCUT2D eigenvalue weighted by Crippen LogP contribution is 2.37. The summed E-state index contributed by atoms with van der Waals surface area (Å²) in [6.07, 6.45) is 10.2. The van der Waals surface area contributed by atoms with Crippen LogP contribution in [0.15, 0.2) is 24.3 Å². The molecule has 108 valence electrons. The minimum atomic E-state index is -0.267. The maximum absolute atomic E-state index is 13.1. The summed E-state index contributed by atoms with van der Waals surface area (Å²) in [7, 11) is 0. The van der Waals surface area contributed by atoms with Gasteiger partial charge < -0.3 is 10.3 Å². The predicted molar refractivity (Wildman–Crippen MR) is 82.1 cm³/mol. The number of nitrogen functional groups attached to an aromatic ring is 1. The summed E-state index contributed by atoms with van der Waals surface area (Å²) < 4.78 is 15.0. The lowest BCUT2D eigenvalue weighted by Crippen LogP contribution is -2.09. The Labute approximate surface area is 124 Å². The van der Waals surface area contributed by atoms with Crippen molar-refractivity contribution in [3.05, 3.63) is 35.9 Å². The average molecular weight is 283 g/mol. The molecule has 0 amide bonds. The number of anilines is 1. The van der Waals surface area contributed by atoms with Crippen LogP contribution in [0.1, 0.15) is 37.4 Å². The number of terminal acetylenes is 1. The maximum Gasteiger partial charge on any atom is 0.132 e. The van der Waals surface area contributed by atoms with Gasteiger partial charge in [0.25, 0.3) is 0 Å². The van der Waals surface area contributed by atoms with E-state index in [-0.39, 0.29) is 5.82 Å². The zero-order valence-electron chi connectivity index (χ0n) is 11.8. The van der Waals surface area contributed by atoms with Gasteiger partial charge in [0, 0.05) is 11.5 Å². The highest BCUT2D eigenvalue weighted by atomic mass is 19.1. The van der Waals surface area contributed by atoms with E-state index in [1.54, 1.807) is 12.1 Å². The van der Waals surface area contributed by atoms with E-state index in [1.165, 1.54) is 25.0 Å². The van der Waals surface area contributed by atoms with Gasteiger partial charge in [0.2, 0.25) is 0 Å². The highest BCUT2D eigenvalue weighted by Gasteiger charge is 2.25. The van der Waals surface area contributed by atoms with Crippen LogP contribution >= 0.6 is 0 Å². The minimum Gasteiger partial charge on any atom is -0.383 e. The van der Waals surface area contributed by atoms with E-state index in [2.05, 4.69) is 5.92 Å². The summed E-state index contributed by atoms with van der Waals surface area (Å²) in [4.78, 5) is 4.73. The van der Waals surface area contributed by atoms with E-state index in [1.807, 2.05) is 4.57 Å². The number of aromatic nitrogens is 2. The molecule has 0 radical (unpaired) electrons. The third-order valence-electron chi connectivity index (χ3n) is 4.12.